The highest BCUT2D eigenvalue weighted by atomic mass is 16.2. The summed E-state index contributed by atoms with van der Waals surface area (Å²) in [7, 11) is 0. The Hall–Kier alpha value is -2.35. The van der Waals surface area contributed by atoms with E-state index in [9.17, 15) is 9.59 Å². The molecule has 0 atom stereocenters. The number of nitrogens with one attached hydrogen (secondary N) is 2. The van der Waals surface area contributed by atoms with Crippen molar-refractivity contribution < 1.29 is 9.59 Å². The molecular weight excluding hydrogens is 266 g/mol. The lowest BCUT2D eigenvalue weighted by atomic mass is 9.88. The summed E-state index contributed by atoms with van der Waals surface area (Å²) >= 11 is 0. The summed E-state index contributed by atoms with van der Waals surface area (Å²) in [4.78, 5) is 23.4. The summed E-state index contributed by atoms with van der Waals surface area (Å²) in [5.74, 6) is -0.138. The van der Waals surface area contributed by atoms with Gasteiger partial charge in [0.2, 0.25) is 11.8 Å². The highest BCUT2D eigenvalue weighted by molar-refractivity contribution is 5.94. The Balaban J connectivity index is 1.88. The first kappa shape index (κ1) is 15.0. The fraction of sp³-hybridized carbons (Fsp3) is 0.438. The van der Waals surface area contributed by atoms with Crippen LogP contribution in [0.5, 0.6) is 0 Å². The number of amides is 2. The van der Waals surface area contributed by atoms with Crippen LogP contribution in [0.25, 0.3) is 0 Å². The minimum absolute atomic E-state index is 0.0796. The number of hydrogen-bond acceptors (Lipinski definition) is 3. The van der Waals surface area contributed by atoms with E-state index in [-0.39, 0.29) is 24.2 Å². The van der Waals surface area contributed by atoms with E-state index in [0.29, 0.717) is 5.69 Å². The molecule has 5 nitrogen and oxygen atoms in total. The molecule has 1 aromatic rings. The number of nitrogens with zero attached hydrogens (tertiary/aromatic N) is 1. The Morgan fingerprint density at radius 2 is 1.62 bits per heavy atom. The first-order valence-corrected chi connectivity index (χ1v) is 7.27. The van der Waals surface area contributed by atoms with Crippen LogP contribution in [0.3, 0.4) is 0 Å². The second kappa shape index (κ2) is 7.44. The summed E-state index contributed by atoms with van der Waals surface area (Å²) in [5.41, 5.74) is 1.34. The zero-order valence-corrected chi connectivity index (χ0v) is 11.9. The number of carbonyl (C=O) groups is 2. The van der Waals surface area contributed by atoms with Gasteiger partial charge >= 0.3 is 0 Å². The van der Waals surface area contributed by atoms with Crippen LogP contribution in [0, 0.1) is 17.2 Å². The second-order valence-electron chi connectivity index (χ2n) is 5.28. The maximum absolute atomic E-state index is 12.1. The molecule has 2 rings (SSSR count). The minimum Gasteiger partial charge on any atom is -0.326 e. The first-order chi connectivity index (χ1) is 10.2. The van der Waals surface area contributed by atoms with Crippen LogP contribution in [0.4, 0.5) is 11.4 Å². The summed E-state index contributed by atoms with van der Waals surface area (Å²) in [5, 5.41) is 13.9. The Kier molecular flexibility index (Phi) is 5.33. The molecule has 21 heavy (non-hydrogen) atoms. The maximum Gasteiger partial charge on any atom is 0.238 e. The SMILES string of the molecule is N#CCC(=O)Nc1ccc(NC(=O)C2CCCCC2)cc1. The molecule has 0 aromatic heterocycles. The van der Waals surface area contributed by atoms with Gasteiger partial charge in [0.05, 0.1) is 6.07 Å². The molecule has 1 fully saturated rings. The van der Waals surface area contributed by atoms with Gasteiger partial charge in [-0.25, -0.2) is 0 Å². The molecule has 5 heteroatoms. The molecule has 2 amide bonds. The van der Waals surface area contributed by atoms with E-state index in [1.807, 2.05) is 0 Å². The van der Waals surface area contributed by atoms with E-state index in [0.717, 1.165) is 31.4 Å². The van der Waals surface area contributed by atoms with Gasteiger partial charge in [0.25, 0.3) is 0 Å². The third-order valence-corrected chi connectivity index (χ3v) is 3.65. The summed E-state index contributed by atoms with van der Waals surface area (Å²) in [6.45, 7) is 0. The number of benzene rings is 1. The topological polar surface area (TPSA) is 82.0 Å². The smallest absolute Gasteiger partial charge is 0.238 e. The van der Waals surface area contributed by atoms with Crippen LogP contribution in [0.2, 0.25) is 0 Å². The quantitative estimate of drug-likeness (QED) is 0.892. The van der Waals surface area contributed by atoms with Crippen molar-refractivity contribution >= 4 is 23.2 Å². The number of anilines is 2. The summed E-state index contributed by atoms with van der Waals surface area (Å²) in [6.07, 6.45) is 5.24. The third-order valence-electron chi connectivity index (χ3n) is 3.65. The molecule has 0 unspecified atom stereocenters. The fourth-order valence-corrected chi connectivity index (χ4v) is 2.52. The molecule has 0 bridgehead atoms. The largest absolute Gasteiger partial charge is 0.326 e. The predicted octanol–water partition coefficient (Wildman–Crippen LogP) is 3.06. The molecule has 1 aliphatic rings. The van der Waals surface area contributed by atoms with Crippen molar-refractivity contribution in [3.05, 3.63) is 24.3 Å². The van der Waals surface area contributed by atoms with Gasteiger partial charge in [0, 0.05) is 17.3 Å². The summed E-state index contributed by atoms with van der Waals surface area (Å²) in [6, 6.07) is 8.73. The van der Waals surface area contributed by atoms with Crippen LogP contribution in [-0.4, -0.2) is 11.8 Å². The van der Waals surface area contributed by atoms with Gasteiger partial charge in [-0.2, -0.15) is 5.26 Å². The summed E-state index contributed by atoms with van der Waals surface area (Å²) < 4.78 is 0. The van der Waals surface area contributed by atoms with E-state index < -0.39 is 0 Å². The number of rotatable bonds is 4. The van der Waals surface area contributed by atoms with Crippen molar-refractivity contribution in [3.8, 4) is 6.07 Å². The van der Waals surface area contributed by atoms with Crippen molar-refractivity contribution in [1.29, 1.82) is 5.26 Å². The van der Waals surface area contributed by atoms with E-state index >= 15 is 0 Å². The monoisotopic (exact) mass is 285 g/mol. The van der Waals surface area contributed by atoms with Crippen LogP contribution in [0.15, 0.2) is 24.3 Å². The van der Waals surface area contributed by atoms with Crippen LogP contribution >= 0.6 is 0 Å². The van der Waals surface area contributed by atoms with Crippen molar-refractivity contribution in [2.45, 2.75) is 38.5 Å². The second-order valence-corrected chi connectivity index (χ2v) is 5.28. The van der Waals surface area contributed by atoms with Crippen molar-refractivity contribution in [2.24, 2.45) is 5.92 Å². The predicted molar refractivity (Wildman–Crippen MR) is 80.5 cm³/mol. The molecular formula is C16H19N3O2. The van der Waals surface area contributed by atoms with Crippen LogP contribution in [-0.2, 0) is 9.59 Å². The lowest BCUT2D eigenvalue weighted by Crippen LogP contribution is -2.24. The molecule has 0 saturated heterocycles. The highest BCUT2D eigenvalue weighted by Crippen LogP contribution is 2.25. The molecule has 1 aliphatic carbocycles. The van der Waals surface area contributed by atoms with Crippen molar-refractivity contribution in [1.82, 2.24) is 0 Å². The molecule has 110 valence electrons. The van der Waals surface area contributed by atoms with Crippen LogP contribution < -0.4 is 10.6 Å². The van der Waals surface area contributed by atoms with E-state index in [1.54, 1.807) is 30.3 Å². The van der Waals surface area contributed by atoms with Gasteiger partial charge in [-0.1, -0.05) is 19.3 Å². The van der Waals surface area contributed by atoms with E-state index in [2.05, 4.69) is 10.6 Å². The normalized spacial score (nSPS) is 15.0. The first-order valence-electron chi connectivity index (χ1n) is 7.27. The zero-order valence-electron chi connectivity index (χ0n) is 11.9. The Morgan fingerprint density at radius 3 is 2.19 bits per heavy atom. The van der Waals surface area contributed by atoms with Crippen molar-refractivity contribution in [2.75, 3.05) is 10.6 Å². The minimum atomic E-state index is -0.337. The Bertz CT molecular complexity index is 540. The zero-order chi connectivity index (χ0) is 15.1. The van der Waals surface area contributed by atoms with Gasteiger partial charge in [-0.3, -0.25) is 9.59 Å². The fourth-order valence-electron chi connectivity index (χ4n) is 2.52. The number of nitriles is 1. The third kappa shape index (κ3) is 4.60. The highest BCUT2D eigenvalue weighted by Gasteiger charge is 2.20. The molecule has 1 saturated carbocycles. The molecule has 0 spiro atoms. The average Bonchev–Trinajstić information content (AvgIpc) is 2.50. The molecule has 2 N–H and O–H groups in total. The molecule has 0 heterocycles. The lowest BCUT2D eigenvalue weighted by Gasteiger charge is -2.20. The Morgan fingerprint density at radius 1 is 1.05 bits per heavy atom. The van der Waals surface area contributed by atoms with Gasteiger partial charge in [-0.05, 0) is 37.1 Å². The molecule has 1 aromatic carbocycles. The lowest BCUT2D eigenvalue weighted by molar-refractivity contribution is -0.120. The van der Waals surface area contributed by atoms with Gasteiger partial charge in [0.1, 0.15) is 6.42 Å². The number of hydrogen-bond donors (Lipinski definition) is 2. The van der Waals surface area contributed by atoms with E-state index in [4.69, 9.17) is 5.26 Å². The van der Waals surface area contributed by atoms with Crippen molar-refractivity contribution in [3.63, 3.8) is 0 Å². The number of carbonyl (C=O) groups excluding carboxylic acids is 2. The average molecular weight is 285 g/mol. The maximum atomic E-state index is 12.1. The van der Waals surface area contributed by atoms with Gasteiger partial charge in [-0.15, -0.1) is 0 Å². The van der Waals surface area contributed by atoms with Gasteiger partial charge < -0.3 is 10.6 Å². The molecule has 0 aliphatic heterocycles. The Labute approximate surface area is 124 Å². The molecule has 0 radical (unpaired) electrons. The van der Waals surface area contributed by atoms with Gasteiger partial charge in [0.15, 0.2) is 0 Å². The standard InChI is InChI=1S/C16H19N3O2/c17-11-10-15(20)18-13-6-8-14(9-7-13)19-16(21)12-4-2-1-3-5-12/h6-9,12H,1-5,10H2,(H,18,20)(H,19,21). The van der Waals surface area contributed by atoms with E-state index in [1.165, 1.54) is 6.42 Å². The van der Waals surface area contributed by atoms with Crippen LogP contribution in [0.1, 0.15) is 38.5 Å².